The number of rotatable bonds is 4. The fraction of sp³-hybridized carbons (Fsp3) is 0.562. The first kappa shape index (κ1) is 15.0. The van der Waals surface area contributed by atoms with E-state index in [1.165, 1.54) is 0 Å². The number of benzene rings is 1. The molecule has 1 aliphatic heterocycles. The van der Waals surface area contributed by atoms with Gasteiger partial charge in [-0.2, -0.15) is 0 Å². The molecule has 1 fully saturated rings. The number of nitrogens with two attached hydrogens (primary N) is 1. The minimum Gasteiger partial charge on any atom is -0.343 e. The molecule has 1 amide bonds. The molecule has 2 N–H and O–H groups in total. The van der Waals surface area contributed by atoms with Gasteiger partial charge in [0.15, 0.2) is 0 Å². The molecule has 4 heteroatoms. The highest BCUT2D eigenvalue weighted by molar-refractivity contribution is 5.77. The summed E-state index contributed by atoms with van der Waals surface area (Å²) in [5, 5.41) is 0. The average Bonchev–Trinajstić information content (AvgIpc) is 2.48. The van der Waals surface area contributed by atoms with Crippen LogP contribution >= 0.6 is 0 Å². The van der Waals surface area contributed by atoms with E-state index in [-0.39, 0.29) is 11.9 Å². The quantitative estimate of drug-likeness (QED) is 0.908. The topological polar surface area (TPSA) is 49.6 Å². The summed E-state index contributed by atoms with van der Waals surface area (Å²) in [6.45, 7) is 2.13. The Morgan fingerprint density at radius 3 is 2.55 bits per heavy atom. The Balaban J connectivity index is 1.88. The van der Waals surface area contributed by atoms with E-state index in [1.54, 1.807) is 0 Å². The molecule has 4 nitrogen and oxygen atoms in total. The van der Waals surface area contributed by atoms with Crippen LogP contribution in [0.25, 0.3) is 0 Å². The highest BCUT2D eigenvalue weighted by Gasteiger charge is 2.25. The minimum atomic E-state index is -0.211. The van der Waals surface area contributed by atoms with Crippen LogP contribution in [-0.2, 0) is 4.79 Å². The molecular formula is C16H25N3O. The summed E-state index contributed by atoms with van der Waals surface area (Å²) in [5.74, 6) is 0.149. The standard InChI is InChI=1S/C16H25N3O/c1-18-10-8-14(9-11-18)19(2)16(20)12-15(17)13-6-4-3-5-7-13/h3-7,14-15H,8-12,17H2,1-2H3. The van der Waals surface area contributed by atoms with Crippen LogP contribution in [0, 0.1) is 0 Å². The van der Waals surface area contributed by atoms with Crippen molar-refractivity contribution in [1.82, 2.24) is 9.80 Å². The lowest BCUT2D eigenvalue weighted by Crippen LogP contribution is -2.45. The van der Waals surface area contributed by atoms with E-state index in [4.69, 9.17) is 5.73 Å². The average molecular weight is 275 g/mol. The van der Waals surface area contributed by atoms with Crippen molar-refractivity contribution in [3.8, 4) is 0 Å². The van der Waals surface area contributed by atoms with Crippen molar-refractivity contribution < 1.29 is 4.79 Å². The molecule has 1 unspecified atom stereocenters. The Morgan fingerprint density at radius 1 is 1.35 bits per heavy atom. The van der Waals surface area contributed by atoms with Gasteiger partial charge >= 0.3 is 0 Å². The lowest BCUT2D eigenvalue weighted by Gasteiger charge is -2.35. The number of hydrogen-bond donors (Lipinski definition) is 1. The van der Waals surface area contributed by atoms with Gasteiger partial charge in [0, 0.05) is 25.6 Å². The summed E-state index contributed by atoms with van der Waals surface area (Å²) in [5.41, 5.74) is 7.16. The van der Waals surface area contributed by atoms with Crippen LogP contribution in [-0.4, -0.2) is 48.9 Å². The number of carbonyl (C=O) groups excluding carboxylic acids is 1. The van der Waals surface area contributed by atoms with Gasteiger partial charge < -0.3 is 15.5 Å². The van der Waals surface area contributed by atoms with Gasteiger partial charge in [-0.1, -0.05) is 30.3 Å². The van der Waals surface area contributed by atoms with Gasteiger partial charge in [-0.05, 0) is 38.5 Å². The minimum absolute atomic E-state index is 0.149. The van der Waals surface area contributed by atoms with E-state index in [0.29, 0.717) is 12.5 Å². The SMILES string of the molecule is CN1CCC(N(C)C(=O)CC(N)c2ccccc2)CC1. The number of piperidine rings is 1. The Hall–Kier alpha value is -1.39. The lowest BCUT2D eigenvalue weighted by atomic mass is 10.0. The number of hydrogen-bond acceptors (Lipinski definition) is 3. The predicted molar refractivity (Wildman–Crippen MR) is 81.3 cm³/mol. The molecule has 0 saturated carbocycles. The zero-order valence-corrected chi connectivity index (χ0v) is 12.5. The highest BCUT2D eigenvalue weighted by Crippen LogP contribution is 2.18. The molecular weight excluding hydrogens is 250 g/mol. The van der Waals surface area contributed by atoms with Gasteiger partial charge in [0.2, 0.25) is 5.91 Å². The first-order chi connectivity index (χ1) is 9.58. The van der Waals surface area contributed by atoms with Crippen molar-refractivity contribution in [2.24, 2.45) is 5.73 Å². The van der Waals surface area contributed by atoms with E-state index in [0.717, 1.165) is 31.5 Å². The Labute approximate surface area is 121 Å². The highest BCUT2D eigenvalue weighted by atomic mass is 16.2. The van der Waals surface area contributed by atoms with Crippen molar-refractivity contribution in [2.45, 2.75) is 31.3 Å². The zero-order valence-electron chi connectivity index (χ0n) is 12.5. The third-order valence-corrected chi connectivity index (χ3v) is 4.25. The molecule has 0 radical (unpaired) electrons. The van der Waals surface area contributed by atoms with Crippen LogP contribution in [0.4, 0.5) is 0 Å². The first-order valence-electron chi connectivity index (χ1n) is 7.32. The van der Waals surface area contributed by atoms with Crippen LogP contribution in [0.15, 0.2) is 30.3 Å². The van der Waals surface area contributed by atoms with Gasteiger partial charge in [0.05, 0.1) is 0 Å². The fourth-order valence-electron chi connectivity index (χ4n) is 2.74. The van der Waals surface area contributed by atoms with E-state index in [1.807, 2.05) is 42.3 Å². The van der Waals surface area contributed by atoms with Gasteiger partial charge in [-0.25, -0.2) is 0 Å². The van der Waals surface area contributed by atoms with Crippen LogP contribution in [0.1, 0.15) is 30.9 Å². The number of amides is 1. The summed E-state index contributed by atoms with van der Waals surface area (Å²) < 4.78 is 0. The zero-order chi connectivity index (χ0) is 14.5. The third-order valence-electron chi connectivity index (χ3n) is 4.25. The number of likely N-dealkylation sites (tertiary alicyclic amines) is 1. The second kappa shape index (κ2) is 6.86. The Morgan fingerprint density at radius 2 is 1.95 bits per heavy atom. The molecule has 1 atom stereocenters. The normalized spacial score (nSPS) is 18.8. The molecule has 2 rings (SSSR count). The number of nitrogens with zero attached hydrogens (tertiary/aromatic N) is 2. The molecule has 1 aromatic rings. The van der Waals surface area contributed by atoms with E-state index < -0.39 is 0 Å². The van der Waals surface area contributed by atoms with Gasteiger partial charge in [0.25, 0.3) is 0 Å². The lowest BCUT2D eigenvalue weighted by molar-refractivity contribution is -0.133. The number of carbonyl (C=O) groups is 1. The molecule has 1 aliphatic rings. The Kier molecular flexibility index (Phi) is 5.15. The van der Waals surface area contributed by atoms with Crippen molar-refractivity contribution >= 4 is 5.91 Å². The van der Waals surface area contributed by atoms with Crippen LogP contribution < -0.4 is 5.73 Å². The molecule has 20 heavy (non-hydrogen) atoms. The molecule has 0 aromatic heterocycles. The monoisotopic (exact) mass is 275 g/mol. The van der Waals surface area contributed by atoms with E-state index in [2.05, 4.69) is 11.9 Å². The predicted octanol–water partition coefficient (Wildman–Crippen LogP) is 1.63. The smallest absolute Gasteiger partial charge is 0.224 e. The molecule has 1 heterocycles. The molecule has 0 aliphatic carbocycles. The third kappa shape index (κ3) is 3.81. The van der Waals surface area contributed by atoms with Crippen molar-refractivity contribution in [2.75, 3.05) is 27.2 Å². The summed E-state index contributed by atoms with van der Waals surface area (Å²) >= 11 is 0. The van der Waals surface area contributed by atoms with Gasteiger partial charge in [-0.15, -0.1) is 0 Å². The summed E-state index contributed by atoms with van der Waals surface area (Å²) in [6.07, 6.45) is 2.49. The van der Waals surface area contributed by atoms with Crippen molar-refractivity contribution in [3.63, 3.8) is 0 Å². The van der Waals surface area contributed by atoms with Crippen LogP contribution in [0.5, 0.6) is 0 Å². The summed E-state index contributed by atoms with van der Waals surface area (Å²) in [7, 11) is 4.04. The van der Waals surface area contributed by atoms with Crippen LogP contribution in [0.2, 0.25) is 0 Å². The van der Waals surface area contributed by atoms with E-state index >= 15 is 0 Å². The van der Waals surface area contributed by atoms with Crippen LogP contribution in [0.3, 0.4) is 0 Å². The van der Waals surface area contributed by atoms with Crippen molar-refractivity contribution in [1.29, 1.82) is 0 Å². The maximum absolute atomic E-state index is 12.3. The summed E-state index contributed by atoms with van der Waals surface area (Å²) in [6, 6.07) is 9.99. The molecule has 1 aromatic carbocycles. The van der Waals surface area contributed by atoms with Crippen molar-refractivity contribution in [3.05, 3.63) is 35.9 Å². The van der Waals surface area contributed by atoms with Gasteiger partial charge in [0.1, 0.15) is 0 Å². The second-order valence-electron chi connectivity index (χ2n) is 5.76. The molecule has 110 valence electrons. The molecule has 1 saturated heterocycles. The Bertz CT molecular complexity index is 427. The molecule has 0 bridgehead atoms. The van der Waals surface area contributed by atoms with E-state index in [9.17, 15) is 4.79 Å². The first-order valence-corrected chi connectivity index (χ1v) is 7.32. The second-order valence-corrected chi connectivity index (χ2v) is 5.76. The summed E-state index contributed by atoms with van der Waals surface area (Å²) in [4.78, 5) is 16.5. The largest absolute Gasteiger partial charge is 0.343 e. The fourth-order valence-corrected chi connectivity index (χ4v) is 2.74. The van der Waals surface area contributed by atoms with Gasteiger partial charge in [-0.3, -0.25) is 4.79 Å². The maximum Gasteiger partial charge on any atom is 0.224 e. The maximum atomic E-state index is 12.3. The molecule has 0 spiro atoms.